The van der Waals surface area contributed by atoms with Crippen molar-refractivity contribution in [2.24, 2.45) is 0 Å². The van der Waals surface area contributed by atoms with E-state index in [0.717, 1.165) is 56.1 Å². The molecule has 0 aliphatic carbocycles. The minimum Gasteiger partial charge on any atom is -0.455 e. The quantitative estimate of drug-likeness (QED) is 0.0635. The number of hydrogen-bond donors (Lipinski definition) is 0. The van der Waals surface area contributed by atoms with Crippen LogP contribution in [0.5, 0.6) is 0 Å². The lowest BCUT2D eigenvalue weighted by Crippen LogP contribution is -1.82. The standard InChI is InChI=1S/C46H48O2S2.C32H20O2S2.C2H6/c1-3-5-7-9-11-13-15-31-17-27-45(49-31)43-29-39-37-21-19-34-33(35(37)23-25-41(39)47-43)20-22-38-36(34)24-26-42-40(38)30-44(48-42)46-28-18-32(50-46)16-14-12-10-8-6-4-2;1-17-3-13-31(35-17)29-15-25-23-7-5-20-19(21(23)9-11-27(25)33-29)6-8-24-22(20)10-12-28-26(24)16-30(34-28)32-14-4-18(2)36-32;1-2/h17-30H,3-16H2,1-2H3;3-16H,1-2H3;1-2H3. The fraction of sp³-hybridized carbons (Fsp3) is 0.250. The van der Waals surface area contributed by atoms with Gasteiger partial charge in [0, 0.05) is 41.1 Å². The molecule has 8 aromatic carbocycles. The molecular weight excluding hydrogens is 1150 g/mol. The first-order valence-electron chi connectivity index (χ1n) is 32.1. The number of hydrogen-bond acceptors (Lipinski definition) is 8. The maximum Gasteiger partial charge on any atom is 0.145 e. The zero-order chi connectivity index (χ0) is 59.8. The largest absolute Gasteiger partial charge is 0.455 e. The fourth-order valence-electron chi connectivity index (χ4n) is 13.2. The Bertz CT molecular complexity index is 4830. The van der Waals surface area contributed by atoms with Gasteiger partial charge in [-0.15, -0.1) is 45.3 Å². The van der Waals surface area contributed by atoms with E-state index in [-0.39, 0.29) is 0 Å². The molecule has 0 saturated carbocycles. The Morgan fingerprint density at radius 3 is 0.761 bits per heavy atom. The molecule has 0 atom stereocenters. The molecule has 0 aliphatic rings. The van der Waals surface area contributed by atoms with Crippen molar-refractivity contribution in [3.8, 4) is 42.5 Å². The normalized spacial score (nSPS) is 11.9. The summed E-state index contributed by atoms with van der Waals surface area (Å²) in [4.78, 5) is 10.3. The molecule has 4 nitrogen and oxygen atoms in total. The van der Waals surface area contributed by atoms with Gasteiger partial charge in [-0.2, -0.15) is 0 Å². The molecule has 88 heavy (non-hydrogen) atoms. The zero-order valence-corrected chi connectivity index (χ0v) is 54.6. The van der Waals surface area contributed by atoms with E-state index < -0.39 is 0 Å². The molecule has 0 amide bonds. The molecule has 8 heterocycles. The maximum atomic E-state index is 6.45. The number of unbranched alkanes of at least 4 members (excludes halogenated alkanes) is 10. The van der Waals surface area contributed by atoms with E-state index in [0.29, 0.717) is 0 Å². The van der Waals surface area contributed by atoms with Crippen molar-refractivity contribution in [3.05, 3.63) is 189 Å². The van der Waals surface area contributed by atoms with E-state index in [1.165, 1.54) is 204 Å². The SMILES string of the molecule is CC.CCCCCCCCc1ccc(-c2cc3c(ccc4c3ccc3c5ccc6oc(-c7ccc(CCCCCCCC)s7)cc6c5ccc43)o2)s1.Cc1ccc(-c2cc3c(ccc4c3ccc3c5ccc6oc(-c7ccc(C)s7)cc6c5ccc43)o2)s1. The number of aryl methyl sites for hydroxylation is 4. The molecule has 0 unspecified atom stereocenters. The second-order valence-electron chi connectivity index (χ2n) is 23.6. The van der Waals surface area contributed by atoms with Crippen LogP contribution < -0.4 is 0 Å². The van der Waals surface area contributed by atoms with Crippen molar-refractivity contribution in [1.29, 1.82) is 0 Å². The van der Waals surface area contributed by atoms with Gasteiger partial charge in [0.15, 0.2) is 0 Å². The summed E-state index contributed by atoms with van der Waals surface area (Å²) in [5.74, 6) is 3.83. The molecule has 0 bridgehead atoms. The summed E-state index contributed by atoms with van der Waals surface area (Å²) < 4.78 is 25.4. The van der Waals surface area contributed by atoms with Gasteiger partial charge >= 0.3 is 0 Å². The van der Waals surface area contributed by atoms with Crippen molar-refractivity contribution in [1.82, 2.24) is 0 Å². The summed E-state index contributed by atoms with van der Waals surface area (Å²) in [7, 11) is 0. The maximum absolute atomic E-state index is 6.45. The Morgan fingerprint density at radius 2 is 0.489 bits per heavy atom. The number of thiophene rings is 4. The highest BCUT2D eigenvalue weighted by molar-refractivity contribution is 7.16. The van der Waals surface area contributed by atoms with E-state index in [1.807, 2.05) is 36.5 Å². The number of rotatable bonds is 18. The van der Waals surface area contributed by atoms with Gasteiger partial charge in [0.05, 0.1) is 19.5 Å². The Hall–Kier alpha value is -7.72. The molecule has 8 heteroatoms. The minimum absolute atomic E-state index is 0.931. The highest BCUT2D eigenvalue weighted by Gasteiger charge is 2.19. The average Bonchev–Trinajstić information content (AvgIpc) is 1.78. The molecule has 0 saturated heterocycles. The summed E-state index contributed by atoms with van der Waals surface area (Å²) in [5, 5.41) is 19.7. The first-order valence-corrected chi connectivity index (χ1v) is 35.4. The van der Waals surface area contributed by atoms with E-state index in [4.69, 9.17) is 17.7 Å². The van der Waals surface area contributed by atoms with Crippen molar-refractivity contribution < 1.29 is 17.7 Å². The lowest BCUT2D eigenvalue weighted by atomic mass is 9.94. The molecule has 16 rings (SSSR count). The van der Waals surface area contributed by atoms with Crippen molar-refractivity contribution in [2.75, 3.05) is 0 Å². The van der Waals surface area contributed by atoms with Crippen molar-refractivity contribution >= 4 is 154 Å². The van der Waals surface area contributed by atoms with E-state index in [1.54, 1.807) is 22.7 Å². The Balaban J connectivity index is 0.000000157. The third-order valence-corrected chi connectivity index (χ3v) is 22.1. The van der Waals surface area contributed by atoms with Gasteiger partial charge in [-0.3, -0.25) is 0 Å². The van der Waals surface area contributed by atoms with Crippen LogP contribution in [0.25, 0.3) is 151 Å². The third-order valence-electron chi connectivity index (χ3n) is 17.7. The van der Waals surface area contributed by atoms with Gasteiger partial charge in [0.1, 0.15) is 45.4 Å². The average molecular weight is 1230 g/mol. The van der Waals surface area contributed by atoms with Crippen LogP contribution in [0.2, 0.25) is 0 Å². The van der Waals surface area contributed by atoms with Crippen LogP contribution in [0.4, 0.5) is 0 Å². The summed E-state index contributed by atoms with van der Waals surface area (Å²) in [6, 6.07) is 62.2. The molecule has 0 fully saturated rings. The van der Waals surface area contributed by atoms with Gasteiger partial charge in [-0.05, 0) is 201 Å². The van der Waals surface area contributed by atoms with Crippen LogP contribution in [0.15, 0.2) is 188 Å². The molecule has 0 spiro atoms. The van der Waals surface area contributed by atoms with E-state index in [9.17, 15) is 0 Å². The van der Waals surface area contributed by atoms with Crippen molar-refractivity contribution in [3.63, 3.8) is 0 Å². The van der Waals surface area contributed by atoms with Gasteiger partial charge in [0.25, 0.3) is 0 Å². The molecule has 442 valence electrons. The third kappa shape index (κ3) is 11.2. The Kier molecular flexibility index (Phi) is 16.7. The molecular formula is C80H74O4S4. The predicted molar refractivity (Wildman–Crippen MR) is 385 cm³/mol. The monoisotopic (exact) mass is 1230 g/mol. The fourth-order valence-corrected chi connectivity index (χ4v) is 16.9. The number of benzene rings is 8. The second-order valence-corrected chi connectivity index (χ2v) is 28.5. The molecule has 0 radical (unpaired) electrons. The first-order chi connectivity index (χ1) is 43.3. The second kappa shape index (κ2) is 25.4. The zero-order valence-electron chi connectivity index (χ0n) is 51.3. The van der Waals surface area contributed by atoms with Crippen LogP contribution >= 0.6 is 45.3 Å². The van der Waals surface area contributed by atoms with Crippen LogP contribution in [-0.2, 0) is 12.8 Å². The van der Waals surface area contributed by atoms with Gasteiger partial charge in [0.2, 0.25) is 0 Å². The van der Waals surface area contributed by atoms with Crippen LogP contribution in [-0.4, -0.2) is 0 Å². The molecule has 0 aliphatic heterocycles. The highest BCUT2D eigenvalue weighted by atomic mass is 32.1. The molecule has 0 N–H and O–H groups in total. The molecule has 16 aromatic rings. The lowest BCUT2D eigenvalue weighted by Gasteiger charge is -2.08. The van der Waals surface area contributed by atoms with E-state index in [2.05, 4.69) is 198 Å². The summed E-state index contributed by atoms with van der Waals surface area (Å²) >= 11 is 7.31. The van der Waals surface area contributed by atoms with Crippen molar-refractivity contribution in [2.45, 2.75) is 131 Å². The minimum atomic E-state index is 0.931. The van der Waals surface area contributed by atoms with Crippen LogP contribution in [0.3, 0.4) is 0 Å². The number of furan rings is 4. The van der Waals surface area contributed by atoms with E-state index >= 15 is 0 Å². The smallest absolute Gasteiger partial charge is 0.145 e. The van der Waals surface area contributed by atoms with Crippen LogP contribution in [0, 0.1) is 13.8 Å². The van der Waals surface area contributed by atoms with Crippen LogP contribution in [0.1, 0.15) is 124 Å². The first kappa shape index (κ1) is 58.0. The molecule has 8 aromatic heterocycles. The summed E-state index contributed by atoms with van der Waals surface area (Å²) in [5.41, 5.74) is 3.77. The van der Waals surface area contributed by atoms with Gasteiger partial charge in [-0.25, -0.2) is 0 Å². The Labute approximate surface area is 531 Å². The predicted octanol–water partition coefficient (Wildman–Crippen LogP) is 27.6. The summed E-state index contributed by atoms with van der Waals surface area (Å²) in [6.07, 6.45) is 18.3. The van der Waals surface area contributed by atoms with Gasteiger partial charge < -0.3 is 17.7 Å². The topological polar surface area (TPSA) is 52.6 Å². The lowest BCUT2D eigenvalue weighted by molar-refractivity contribution is 0.609. The van der Waals surface area contributed by atoms with Gasteiger partial charge in [-0.1, -0.05) is 165 Å². The Morgan fingerprint density at radius 1 is 0.250 bits per heavy atom. The number of fused-ring (bicyclic) bond motifs is 18. The summed E-state index contributed by atoms with van der Waals surface area (Å²) in [6.45, 7) is 12.8. The highest BCUT2D eigenvalue weighted by Crippen LogP contribution is 2.45.